The Bertz CT molecular complexity index is 357. The van der Waals surface area contributed by atoms with Gasteiger partial charge < -0.3 is 4.74 Å². The molecule has 1 aromatic carbocycles. The summed E-state index contributed by atoms with van der Waals surface area (Å²) < 4.78 is 5.38. The molecule has 1 amide bonds. The summed E-state index contributed by atoms with van der Waals surface area (Å²) in [5.41, 5.74) is 2.26. The SMILES string of the molecule is CCONC(=O)C(C)Oc1ccccc1Cl. The average Bonchev–Trinajstić information content (AvgIpc) is 2.28. The number of benzene rings is 1. The van der Waals surface area contributed by atoms with Gasteiger partial charge in [-0.3, -0.25) is 9.63 Å². The third kappa shape index (κ3) is 3.72. The van der Waals surface area contributed by atoms with Gasteiger partial charge in [0, 0.05) is 0 Å². The molecule has 0 saturated carbocycles. The molecule has 4 nitrogen and oxygen atoms in total. The van der Waals surface area contributed by atoms with Gasteiger partial charge in [0.15, 0.2) is 6.10 Å². The predicted molar refractivity (Wildman–Crippen MR) is 61.3 cm³/mol. The van der Waals surface area contributed by atoms with Crippen molar-refractivity contribution in [1.82, 2.24) is 5.48 Å². The Hall–Kier alpha value is -1.26. The summed E-state index contributed by atoms with van der Waals surface area (Å²) in [6.45, 7) is 3.81. The molecule has 1 unspecified atom stereocenters. The number of rotatable bonds is 5. The van der Waals surface area contributed by atoms with Crippen LogP contribution in [-0.4, -0.2) is 18.6 Å². The zero-order valence-electron chi connectivity index (χ0n) is 9.20. The Morgan fingerprint density at radius 1 is 1.50 bits per heavy atom. The van der Waals surface area contributed by atoms with Crippen molar-refractivity contribution in [2.45, 2.75) is 20.0 Å². The molecule has 0 aliphatic carbocycles. The van der Waals surface area contributed by atoms with E-state index in [0.29, 0.717) is 17.4 Å². The summed E-state index contributed by atoms with van der Waals surface area (Å²) >= 11 is 5.89. The van der Waals surface area contributed by atoms with Crippen molar-refractivity contribution in [3.05, 3.63) is 29.3 Å². The highest BCUT2D eigenvalue weighted by Gasteiger charge is 2.15. The van der Waals surface area contributed by atoms with Crippen molar-refractivity contribution >= 4 is 17.5 Å². The smallest absolute Gasteiger partial charge is 0.284 e. The molecule has 16 heavy (non-hydrogen) atoms. The molecule has 0 bridgehead atoms. The minimum Gasteiger partial charge on any atom is -0.479 e. The number of nitrogens with one attached hydrogen (secondary N) is 1. The van der Waals surface area contributed by atoms with E-state index in [1.807, 2.05) is 0 Å². The van der Waals surface area contributed by atoms with Crippen LogP contribution in [0, 0.1) is 0 Å². The first kappa shape index (κ1) is 12.8. The number of ether oxygens (including phenoxy) is 1. The van der Waals surface area contributed by atoms with E-state index in [2.05, 4.69) is 5.48 Å². The third-order valence-electron chi connectivity index (χ3n) is 1.83. The highest BCUT2D eigenvalue weighted by Crippen LogP contribution is 2.24. The lowest BCUT2D eigenvalue weighted by molar-refractivity contribution is -0.139. The maximum Gasteiger partial charge on any atom is 0.284 e. The molecule has 88 valence electrons. The van der Waals surface area contributed by atoms with E-state index in [-0.39, 0.29) is 5.91 Å². The number of carbonyl (C=O) groups is 1. The van der Waals surface area contributed by atoms with E-state index in [1.165, 1.54) is 0 Å². The number of hydroxylamine groups is 1. The summed E-state index contributed by atoms with van der Waals surface area (Å²) in [5, 5.41) is 0.471. The van der Waals surface area contributed by atoms with Crippen molar-refractivity contribution in [3.8, 4) is 5.75 Å². The summed E-state index contributed by atoms with van der Waals surface area (Å²) in [5.74, 6) is 0.130. The quantitative estimate of drug-likeness (QED) is 0.807. The van der Waals surface area contributed by atoms with Crippen molar-refractivity contribution in [2.24, 2.45) is 0 Å². The molecule has 1 N–H and O–H groups in total. The van der Waals surface area contributed by atoms with Gasteiger partial charge in [-0.15, -0.1) is 0 Å². The van der Waals surface area contributed by atoms with Gasteiger partial charge in [0.25, 0.3) is 5.91 Å². The van der Waals surface area contributed by atoms with E-state index in [9.17, 15) is 4.79 Å². The molecule has 1 aromatic rings. The topological polar surface area (TPSA) is 47.6 Å². The number of halogens is 1. The van der Waals surface area contributed by atoms with Gasteiger partial charge in [-0.1, -0.05) is 23.7 Å². The zero-order chi connectivity index (χ0) is 12.0. The van der Waals surface area contributed by atoms with E-state index >= 15 is 0 Å². The lowest BCUT2D eigenvalue weighted by Gasteiger charge is -2.14. The fourth-order valence-electron chi connectivity index (χ4n) is 1.01. The molecule has 0 saturated heterocycles. The van der Waals surface area contributed by atoms with Gasteiger partial charge in [0.1, 0.15) is 5.75 Å². The van der Waals surface area contributed by atoms with Gasteiger partial charge >= 0.3 is 0 Å². The Kier molecular flexibility index (Phi) is 5.08. The molecular weight excluding hydrogens is 230 g/mol. The number of carbonyl (C=O) groups excluding carboxylic acids is 1. The van der Waals surface area contributed by atoms with Crippen LogP contribution in [0.2, 0.25) is 5.02 Å². The van der Waals surface area contributed by atoms with Crippen LogP contribution < -0.4 is 10.2 Å². The van der Waals surface area contributed by atoms with Crippen LogP contribution in [0.5, 0.6) is 5.75 Å². The lowest BCUT2D eigenvalue weighted by atomic mass is 10.3. The van der Waals surface area contributed by atoms with E-state index in [0.717, 1.165) is 0 Å². The minimum atomic E-state index is -0.661. The maximum absolute atomic E-state index is 11.4. The fraction of sp³-hybridized carbons (Fsp3) is 0.364. The molecule has 0 radical (unpaired) electrons. The molecule has 1 atom stereocenters. The molecular formula is C11H14ClNO3. The van der Waals surface area contributed by atoms with Crippen LogP contribution >= 0.6 is 11.6 Å². The summed E-state index contributed by atoms with van der Waals surface area (Å²) in [7, 11) is 0. The van der Waals surface area contributed by atoms with Crippen LogP contribution in [-0.2, 0) is 9.63 Å². The number of hydrogen-bond acceptors (Lipinski definition) is 3. The first-order valence-corrected chi connectivity index (χ1v) is 5.35. The minimum absolute atomic E-state index is 0.346. The summed E-state index contributed by atoms with van der Waals surface area (Å²) in [6.07, 6.45) is -0.661. The van der Waals surface area contributed by atoms with Crippen molar-refractivity contribution in [3.63, 3.8) is 0 Å². The zero-order valence-corrected chi connectivity index (χ0v) is 9.95. The van der Waals surface area contributed by atoms with Crippen LogP contribution in [0.1, 0.15) is 13.8 Å². The van der Waals surface area contributed by atoms with Gasteiger partial charge in [-0.2, -0.15) is 0 Å². The monoisotopic (exact) mass is 243 g/mol. The molecule has 1 rings (SSSR count). The van der Waals surface area contributed by atoms with Gasteiger partial charge in [0.05, 0.1) is 11.6 Å². The van der Waals surface area contributed by atoms with Gasteiger partial charge in [-0.25, -0.2) is 5.48 Å². The second kappa shape index (κ2) is 6.35. The van der Waals surface area contributed by atoms with Crippen molar-refractivity contribution < 1.29 is 14.4 Å². The normalized spacial score (nSPS) is 11.9. The van der Waals surface area contributed by atoms with E-state index in [4.69, 9.17) is 21.2 Å². The summed E-state index contributed by atoms with van der Waals surface area (Å²) in [6, 6.07) is 6.98. The Morgan fingerprint density at radius 3 is 2.81 bits per heavy atom. The number of para-hydroxylation sites is 1. The van der Waals surface area contributed by atoms with Crippen LogP contribution in [0.15, 0.2) is 24.3 Å². The standard InChI is InChI=1S/C11H14ClNO3/c1-3-15-13-11(14)8(2)16-10-7-5-4-6-9(10)12/h4-8H,3H2,1-2H3,(H,13,14). The third-order valence-corrected chi connectivity index (χ3v) is 2.14. The predicted octanol–water partition coefficient (Wildman–Crippen LogP) is 2.17. The second-order valence-electron chi connectivity index (χ2n) is 3.09. The first-order chi connectivity index (χ1) is 7.65. The van der Waals surface area contributed by atoms with Crippen molar-refractivity contribution in [1.29, 1.82) is 0 Å². The first-order valence-electron chi connectivity index (χ1n) is 4.98. The second-order valence-corrected chi connectivity index (χ2v) is 3.50. The Balaban J connectivity index is 2.54. The number of hydrogen-bond donors (Lipinski definition) is 1. The molecule has 5 heteroatoms. The van der Waals surface area contributed by atoms with Crippen molar-refractivity contribution in [2.75, 3.05) is 6.61 Å². The average molecular weight is 244 g/mol. The highest BCUT2D eigenvalue weighted by molar-refractivity contribution is 6.32. The lowest BCUT2D eigenvalue weighted by Crippen LogP contribution is -2.36. The molecule has 0 spiro atoms. The molecule has 0 aromatic heterocycles. The van der Waals surface area contributed by atoms with E-state index < -0.39 is 6.10 Å². The molecule has 0 fully saturated rings. The number of amides is 1. The fourth-order valence-corrected chi connectivity index (χ4v) is 1.19. The maximum atomic E-state index is 11.4. The van der Waals surface area contributed by atoms with Crippen LogP contribution in [0.4, 0.5) is 0 Å². The van der Waals surface area contributed by atoms with Crippen LogP contribution in [0.25, 0.3) is 0 Å². The van der Waals surface area contributed by atoms with E-state index in [1.54, 1.807) is 38.1 Å². The van der Waals surface area contributed by atoms with Gasteiger partial charge in [-0.05, 0) is 26.0 Å². The Labute approximate surface area is 99.5 Å². The molecule has 0 aliphatic rings. The largest absolute Gasteiger partial charge is 0.479 e. The Morgan fingerprint density at radius 2 is 2.19 bits per heavy atom. The molecule has 0 heterocycles. The van der Waals surface area contributed by atoms with Crippen LogP contribution in [0.3, 0.4) is 0 Å². The van der Waals surface area contributed by atoms with Gasteiger partial charge in [0.2, 0.25) is 0 Å². The highest BCUT2D eigenvalue weighted by atomic mass is 35.5. The summed E-state index contributed by atoms with van der Waals surface area (Å²) in [4.78, 5) is 16.2. The molecule has 0 aliphatic heterocycles.